The number of hydrogen-bond acceptors (Lipinski definition) is 4. The number of nitrogens with one attached hydrogen (secondary N) is 1. The third-order valence-electron chi connectivity index (χ3n) is 2.26. The van der Waals surface area contributed by atoms with Crippen molar-refractivity contribution in [2.45, 2.75) is 18.9 Å². The Morgan fingerprint density at radius 2 is 2.29 bits per heavy atom. The number of rotatable bonds is 6. The maximum Gasteiger partial charge on any atom is 0.225 e. The molecule has 0 aromatic carbocycles. The highest BCUT2D eigenvalue weighted by molar-refractivity contribution is 5.78. The first-order chi connectivity index (χ1) is 6.74. The zero-order valence-corrected chi connectivity index (χ0v) is 8.28. The van der Waals surface area contributed by atoms with Crippen LogP contribution in [-0.4, -0.2) is 59.9 Å². The molecule has 1 unspecified atom stereocenters. The van der Waals surface area contributed by atoms with Gasteiger partial charge >= 0.3 is 0 Å². The first kappa shape index (κ1) is 11.4. The van der Waals surface area contributed by atoms with Crippen molar-refractivity contribution in [3.8, 4) is 0 Å². The van der Waals surface area contributed by atoms with Gasteiger partial charge in [-0.15, -0.1) is 0 Å². The summed E-state index contributed by atoms with van der Waals surface area (Å²) < 4.78 is 0. The van der Waals surface area contributed by atoms with E-state index in [1.807, 2.05) is 0 Å². The molecule has 0 aliphatic carbocycles. The Hall–Kier alpha value is -0.650. The van der Waals surface area contributed by atoms with Gasteiger partial charge in [0, 0.05) is 19.6 Å². The molecule has 0 aromatic heterocycles. The second kappa shape index (κ2) is 5.95. The summed E-state index contributed by atoms with van der Waals surface area (Å²) in [5.74, 6) is 0.0414. The molecule has 5 heteroatoms. The monoisotopic (exact) mass is 202 g/mol. The molecular formula is C9H18N2O3. The highest BCUT2D eigenvalue weighted by Crippen LogP contribution is 2.10. The lowest BCUT2D eigenvalue weighted by Crippen LogP contribution is -2.30. The summed E-state index contributed by atoms with van der Waals surface area (Å²) in [7, 11) is 0. The second-order valence-electron chi connectivity index (χ2n) is 3.52. The first-order valence-electron chi connectivity index (χ1n) is 5.01. The highest BCUT2D eigenvalue weighted by atomic mass is 16.3. The average Bonchev–Trinajstić information content (AvgIpc) is 2.45. The predicted octanol–water partition coefficient (Wildman–Crippen LogP) is -1.45. The van der Waals surface area contributed by atoms with Crippen LogP contribution in [0.5, 0.6) is 0 Å². The molecule has 0 aromatic rings. The molecular weight excluding hydrogens is 184 g/mol. The van der Waals surface area contributed by atoms with Gasteiger partial charge in [-0.2, -0.15) is 0 Å². The molecule has 1 amide bonds. The van der Waals surface area contributed by atoms with Crippen molar-refractivity contribution < 1.29 is 15.0 Å². The highest BCUT2D eigenvalue weighted by Gasteiger charge is 2.26. The number of aliphatic hydroxyl groups is 2. The van der Waals surface area contributed by atoms with Gasteiger partial charge in [0.25, 0.3) is 0 Å². The molecule has 1 fully saturated rings. The van der Waals surface area contributed by atoms with E-state index in [9.17, 15) is 9.90 Å². The molecule has 0 saturated carbocycles. The van der Waals surface area contributed by atoms with E-state index in [4.69, 9.17) is 5.11 Å². The maximum absolute atomic E-state index is 11.2. The number of carbonyl (C=O) groups excluding carboxylic acids is 1. The van der Waals surface area contributed by atoms with Gasteiger partial charge in [0.2, 0.25) is 5.91 Å². The van der Waals surface area contributed by atoms with Crippen molar-refractivity contribution >= 4 is 5.91 Å². The quantitative estimate of drug-likeness (QED) is 0.461. The minimum absolute atomic E-state index is 0.0414. The lowest BCUT2D eigenvalue weighted by Gasteiger charge is -2.15. The summed E-state index contributed by atoms with van der Waals surface area (Å²) in [6.45, 7) is 2.69. The van der Waals surface area contributed by atoms with Crippen LogP contribution in [0.2, 0.25) is 0 Å². The zero-order valence-electron chi connectivity index (χ0n) is 8.28. The van der Waals surface area contributed by atoms with Gasteiger partial charge in [-0.25, -0.2) is 0 Å². The number of nitrogens with zero attached hydrogens (tertiary/aromatic N) is 1. The lowest BCUT2D eigenvalue weighted by atomic mass is 10.3. The smallest absolute Gasteiger partial charge is 0.225 e. The molecule has 14 heavy (non-hydrogen) atoms. The lowest BCUT2D eigenvalue weighted by molar-refractivity contribution is -0.127. The van der Waals surface area contributed by atoms with E-state index in [0.29, 0.717) is 19.6 Å². The van der Waals surface area contributed by atoms with Gasteiger partial charge in [0.1, 0.15) is 0 Å². The minimum atomic E-state index is -0.479. The normalized spacial score (nSPS) is 22.0. The molecule has 0 spiro atoms. The van der Waals surface area contributed by atoms with Crippen LogP contribution in [0.15, 0.2) is 0 Å². The summed E-state index contributed by atoms with van der Waals surface area (Å²) in [5, 5.41) is 20.7. The number of carbonyl (C=O) groups is 1. The largest absolute Gasteiger partial charge is 0.395 e. The van der Waals surface area contributed by atoms with Gasteiger partial charge < -0.3 is 20.4 Å². The van der Waals surface area contributed by atoms with Crippen molar-refractivity contribution in [2.24, 2.45) is 0 Å². The Labute approximate surface area is 83.7 Å². The number of likely N-dealkylation sites (tertiary alicyclic amines) is 1. The third kappa shape index (κ3) is 3.61. The summed E-state index contributed by atoms with van der Waals surface area (Å²) in [5.41, 5.74) is 0. The maximum atomic E-state index is 11.2. The second-order valence-corrected chi connectivity index (χ2v) is 3.52. The van der Waals surface area contributed by atoms with Crippen molar-refractivity contribution in [3.05, 3.63) is 0 Å². The Kier molecular flexibility index (Phi) is 4.86. The standard InChI is InChI=1S/C9H18N2O3/c12-5-3-10-2-1-4-11-7-8(13)6-9(11)14/h8,10,12-13H,1-7H2. The van der Waals surface area contributed by atoms with E-state index in [-0.39, 0.29) is 18.9 Å². The molecule has 1 heterocycles. The molecule has 0 bridgehead atoms. The number of amides is 1. The Morgan fingerprint density at radius 3 is 2.86 bits per heavy atom. The molecule has 5 nitrogen and oxygen atoms in total. The van der Waals surface area contributed by atoms with Crippen LogP contribution in [0, 0.1) is 0 Å². The van der Waals surface area contributed by atoms with Crippen molar-refractivity contribution in [3.63, 3.8) is 0 Å². The van der Waals surface area contributed by atoms with Crippen LogP contribution < -0.4 is 5.32 Å². The van der Waals surface area contributed by atoms with Crippen LogP contribution in [0.4, 0.5) is 0 Å². The Morgan fingerprint density at radius 1 is 1.50 bits per heavy atom. The van der Waals surface area contributed by atoms with E-state index >= 15 is 0 Å². The first-order valence-corrected chi connectivity index (χ1v) is 5.01. The summed E-state index contributed by atoms with van der Waals surface area (Å²) in [6, 6.07) is 0. The van der Waals surface area contributed by atoms with Gasteiger partial charge in [-0.05, 0) is 13.0 Å². The van der Waals surface area contributed by atoms with Crippen LogP contribution in [0.1, 0.15) is 12.8 Å². The summed E-state index contributed by atoms with van der Waals surface area (Å²) >= 11 is 0. The number of aliphatic hydroxyl groups excluding tert-OH is 2. The summed E-state index contributed by atoms with van der Waals surface area (Å²) in [4.78, 5) is 12.9. The minimum Gasteiger partial charge on any atom is -0.395 e. The van der Waals surface area contributed by atoms with E-state index in [1.165, 1.54) is 0 Å². The fourth-order valence-corrected chi connectivity index (χ4v) is 1.57. The average molecular weight is 202 g/mol. The van der Waals surface area contributed by atoms with Gasteiger partial charge in [0.05, 0.1) is 19.1 Å². The van der Waals surface area contributed by atoms with Crippen LogP contribution in [0.3, 0.4) is 0 Å². The van der Waals surface area contributed by atoms with Gasteiger partial charge in [0.15, 0.2) is 0 Å². The van der Waals surface area contributed by atoms with Crippen LogP contribution in [0.25, 0.3) is 0 Å². The molecule has 3 N–H and O–H groups in total. The van der Waals surface area contributed by atoms with Gasteiger partial charge in [-0.1, -0.05) is 0 Å². The zero-order chi connectivity index (χ0) is 10.4. The third-order valence-corrected chi connectivity index (χ3v) is 2.26. The molecule has 1 saturated heterocycles. The van der Waals surface area contributed by atoms with Crippen molar-refractivity contribution in [2.75, 3.05) is 32.8 Å². The SMILES string of the molecule is O=C1CC(O)CN1CCCNCCO. The van der Waals surface area contributed by atoms with E-state index < -0.39 is 6.10 Å². The Bertz CT molecular complexity index is 187. The number of β-amino-alcohol motifs (C(OH)–C–C–N with tert-alkyl or cyclic N) is 1. The summed E-state index contributed by atoms with van der Waals surface area (Å²) in [6.07, 6.45) is 0.649. The molecule has 0 radical (unpaired) electrons. The molecule has 1 aliphatic heterocycles. The topological polar surface area (TPSA) is 72.8 Å². The van der Waals surface area contributed by atoms with Crippen molar-refractivity contribution in [1.82, 2.24) is 10.2 Å². The molecule has 1 aliphatic rings. The fraction of sp³-hybridized carbons (Fsp3) is 0.889. The van der Waals surface area contributed by atoms with E-state index in [0.717, 1.165) is 13.0 Å². The Balaban J connectivity index is 2.04. The van der Waals surface area contributed by atoms with E-state index in [1.54, 1.807) is 4.90 Å². The molecule has 82 valence electrons. The molecule has 1 atom stereocenters. The van der Waals surface area contributed by atoms with Crippen molar-refractivity contribution in [1.29, 1.82) is 0 Å². The van der Waals surface area contributed by atoms with Crippen LogP contribution >= 0.6 is 0 Å². The number of hydrogen-bond donors (Lipinski definition) is 3. The van der Waals surface area contributed by atoms with E-state index in [2.05, 4.69) is 5.32 Å². The van der Waals surface area contributed by atoms with Gasteiger partial charge in [-0.3, -0.25) is 4.79 Å². The fourth-order valence-electron chi connectivity index (χ4n) is 1.57. The predicted molar refractivity (Wildman–Crippen MR) is 51.8 cm³/mol. The molecule has 1 rings (SSSR count). The van der Waals surface area contributed by atoms with Crippen LogP contribution in [-0.2, 0) is 4.79 Å².